The lowest BCUT2D eigenvalue weighted by molar-refractivity contribution is 0.240. The zero-order valence-corrected chi connectivity index (χ0v) is 22.6. The predicted molar refractivity (Wildman–Crippen MR) is 161 cm³/mol. The van der Waals surface area contributed by atoms with Gasteiger partial charge in [0.2, 0.25) is 0 Å². The normalized spacial score (nSPS) is 16.9. The number of hydrogen-bond donors (Lipinski definition) is 1. The first-order chi connectivity index (χ1) is 19.2. The lowest BCUT2D eigenvalue weighted by Crippen LogP contribution is -2.46. The number of hydrogen-bond acceptors (Lipinski definition) is 5. The van der Waals surface area contributed by atoms with Crippen LogP contribution >= 0.6 is 0 Å². The third-order valence-corrected chi connectivity index (χ3v) is 8.15. The van der Waals surface area contributed by atoms with E-state index in [-0.39, 0.29) is 0 Å². The Morgan fingerprint density at radius 3 is 1.26 bits per heavy atom. The Morgan fingerprint density at radius 1 is 0.462 bits per heavy atom. The summed E-state index contributed by atoms with van der Waals surface area (Å²) in [6.07, 6.45) is 0. The molecule has 2 saturated heterocycles. The smallest absolute Gasteiger partial charge is 0.124 e. The lowest BCUT2D eigenvalue weighted by atomic mass is 9.97. The van der Waals surface area contributed by atoms with Crippen LogP contribution in [0.15, 0.2) is 103 Å². The lowest BCUT2D eigenvalue weighted by Gasteiger charge is -2.37. The summed E-state index contributed by atoms with van der Waals surface area (Å²) >= 11 is 0. The molecule has 5 nitrogen and oxygen atoms in total. The highest BCUT2D eigenvalue weighted by Crippen LogP contribution is 2.33. The van der Waals surface area contributed by atoms with Crippen LogP contribution in [0, 0.1) is 0 Å². The fourth-order valence-electron chi connectivity index (χ4n) is 5.89. The summed E-state index contributed by atoms with van der Waals surface area (Å²) in [4.78, 5) is 9.87. The van der Waals surface area contributed by atoms with Crippen molar-refractivity contribution >= 4 is 11.4 Å². The molecule has 4 aromatic rings. The molecular formula is C34H38N4O. The van der Waals surface area contributed by atoms with Gasteiger partial charge in [0.25, 0.3) is 0 Å². The third-order valence-electron chi connectivity index (χ3n) is 8.15. The number of phenolic OH excluding ortho intramolecular Hbond substituents is 1. The van der Waals surface area contributed by atoms with Gasteiger partial charge in [0.1, 0.15) is 5.75 Å². The maximum Gasteiger partial charge on any atom is 0.124 e. The van der Waals surface area contributed by atoms with E-state index in [0.717, 1.165) is 76.6 Å². The SMILES string of the molecule is Oc1c(CN2CCN(c3ccccc3)CC2)cc(-c2ccccc2)cc1CN1CCN(c2ccccc2)CC1. The van der Waals surface area contributed by atoms with Gasteiger partial charge < -0.3 is 14.9 Å². The molecule has 200 valence electrons. The summed E-state index contributed by atoms with van der Waals surface area (Å²) in [6, 6.07) is 36.3. The first-order valence-electron chi connectivity index (χ1n) is 14.2. The van der Waals surface area contributed by atoms with E-state index >= 15 is 0 Å². The zero-order valence-electron chi connectivity index (χ0n) is 22.6. The second-order valence-corrected chi connectivity index (χ2v) is 10.7. The number of nitrogens with zero attached hydrogens (tertiary/aromatic N) is 4. The van der Waals surface area contributed by atoms with Crippen molar-refractivity contribution in [3.8, 4) is 16.9 Å². The number of phenols is 1. The summed E-state index contributed by atoms with van der Waals surface area (Å²) in [6.45, 7) is 9.49. The highest BCUT2D eigenvalue weighted by atomic mass is 16.3. The van der Waals surface area contributed by atoms with Crippen molar-refractivity contribution in [2.45, 2.75) is 13.1 Å². The first-order valence-corrected chi connectivity index (χ1v) is 14.2. The van der Waals surface area contributed by atoms with Crippen LogP contribution in [0.4, 0.5) is 11.4 Å². The first kappa shape index (κ1) is 25.5. The van der Waals surface area contributed by atoms with Gasteiger partial charge in [-0.25, -0.2) is 0 Å². The fourth-order valence-corrected chi connectivity index (χ4v) is 5.89. The van der Waals surface area contributed by atoms with E-state index in [1.807, 2.05) is 0 Å². The quantitative estimate of drug-likeness (QED) is 0.339. The van der Waals surface area contributed by atoms with Gasteiger partial charge in [0.15, 0.2) is 0 Å². The zero-order chi connectivity index (χ0) is 26.4. The van der Waals surface area contributed by atoms with E-state index < -0.39 is 0 Å². The molecule has 0 atom stereocenters. The van der Waals surface area contributed by atoms with Gasteiger partial charge in [0, 0.05) is 87.9 Å². The molecule has 5 heteroatoms. The molecule has 0 amide bonds. The monoisotopic (exact) mass is 518 g/mol. The fraction of sp³-hybridized carbons (Fsp3) is 0.294. The van der Waals surface area contributed by atoms with Crippen molar-refractivity contribution in [2.24, 2.45) is 0 Å². The molecule has 0 unspecified atom stereocenters. The number of piperazine rings is 2. The number of aromatic hydroxyl groups is 1. The van der Waals surface area contributed by atoms with Gasteiger partial charge in [-0.05, 0) is 47.5 Å². The van der Waals surface area contributed by atoms with E-state index in [4.69, 9.17) is 0 Å². The Morgan fingerprint density at radius 2 is 0.846 bits per heavy atom. The van der Waals surface area contributed by atoms with Gasteiger partial charge in [-0.15, -0.1) is 0 Å². The second kappa shape index (κ2) is 11.9. The van der Waals surface area contributed by atoms with Crippen LogP contribution in [0.25, 0.3) is 11.1 Å². The molecule has 0 saturated carbocycles. The molecule has 0 radical (unpaired) electrons. The van der Waals surface area contributed by atoms with Crippen LogP contribution in [0.2, 0.25) is 0 Å². The van der Waals surface area contributed by atoms with Crippen molar-refractivity contribution in [1.82, 2.24) is 9.80 Å². The van der Waals surface area contributed by atoms with Crippen LogP contribution in [-0.2, 0) is 13.1 Å². The molecule has 2 fully saturated rings. The summed E-state index contributed by atoms with van der Waals surface area (Å²) in [7, 11) is 0. The maximum absolute atomic E-state index is 11.5. The predicted octanol–water partition coefficient (Wildman–Crippen LogP) is 5.70. The number of para-hydroxylation sites is 2. The Kier molecular flexibility index (Phi) is 7.80. The van der Waals surface area contributed by atoms with Gasteiger partial charge in [-0.3, -0.25) is 9.80 Å². The molecule has 2 aliphatic heterocycles. The number of benzene rings is 4. The molecule has 0 aromatic heterocycles. The largest absolute Gasteiger partial charge is 0.507 e. The highest BCUT2D eigenvalue weighted by molar-refractivity contribution is 5.67. The number of rotatable bonds is 7. The average Bonchev–Trinajstić information content (AvgIpc) is 3.01. The highest BCUT2D eigenvalue weighted by Gasteiger charge is 2.22. The molecule has 1 N–H and O–H groups in total. The molecule has 0 bridgehead atoms. The molecule has 39 heavy (non-hydrogen) atoms. The molecule has 2 heterocycles. The minimum Gasteiger partial charge on any atom is -0.507 e. The van der Waals surface area contributed by atoms with Crippen molar-refractivity contribution < 1.29 is 5.11 Å². The molecule has 6 rings (SSSR count). The van der Waals surface area contributed by atoms with Crippen LogP contribution in [0.5, 0.6) is 5.75 Å². The molecule has 4 aromatic carbocycles. The minimum absolute atomic E-state index is 0.464. The summed E-state index contributed by atoms with van der Waals surface area (Å²) in [5, 5.41) is 11.5. The van der Waals surface area contributed by atoms with Crippen molar-refractivity contribution in [2.75, 3.05) is 62.2 Å². The Balaban J connectivity index is 1.17. The Hall–Kier alpha value is -3.80. The third kappa shape index (κ3) is 6.11. The standard InChI is InChI=1S/C34H38N4O/c39-34-30(26-35-16-20-37(21-17-35)32-12-6-2-7-13-32)24-29(28-10-4-1-5-11-28)25-31(34)27-36-18-22-38(23-19-36)33-14-8-3-9-15-33/h1-15,24-25,39H,16-23,26-27H2. The average molecular weight is 519 g/mol. The van der Waals surface area contributed by atoms with Crippen LogP contribution in [-0.4, -0.2) is 67.3 Å². The van der Waals surface area contributed by atoms with Gasteiger partial charge >= 0.3 is 0 Å². The molecule has 2 aliphatic rings. The van der Waals surface area contributed by atoms with Gasteiger partial charge in [-0.2, -0.15) is 0 Å². The number of anilines is 2. The Bertz CT molecular complexity index is 1250. The van der Waals surface area contributed by atoms with Gasteiger partial charge in [0.05, 0.1) is 0 Å². The van der Waals surface area contributed by atoms with Crippen LogP contribution in [0.3, 0.4) is 0 Å². The summed E-state index contributed by atoms with van der Waals surface area (Å²) < 4.78 is 0. The second-order valence-electron chi connectivity index (χ2n) is 10.7. The van der Waals surface area contributed by atoms with Gasteiger partial charge in [-0.1, -0.05) is 66.7 Å². The van der Waals surface area contributed by atoms with Crippen LogP contribution in [0.1, 0.15) is 11.1 Å². The van der Waals surface area contributed by atoms with E-state index in [1.54, 1.807) is 0 Å². The van der Waals surface area contributed by atoms with E-state index in [1.165, 1.54) is 22.5 Å². The van der Waals surface area contributed by atoms with E-state index in [2.05, 4.69) is 123 Å². The summed E-state index contributed by atoms with van der Waals surface area (Å²) in [5.41, 5.74) is 7.03. The maximum atomic E-state index is 11.5. The van der Waals surface area contributed by atoms with Crippen LogP contribution < -0.4 is 9.80 Å². The van der Waals surface area contributed by atoms with E-state index in [9.17, 15) is 5.11 Å². The Labute approximate surface area is 232 Å². The van der Waals surface area contributed by atoms with Crippen molar-refractivity contribution in [3.05, 3.63) is 114 Å². The van der Waals surface area contributed by atoms with Crippen molar-refractivity contribution in [1.29, 1.82) is 0 Å². The molecular weight excluding hydrogens is 480 g/mol. The van der Waals surface area contributed by atoms with Crippen molar-refractivity contribution in [3.63, 3.8) is 0 Å². The topological polar surface area (TPSA) is 33.2 Å². The van der Waals surface area contributed by atoms with E-state index in [0.29, 0.717) is 5.75 Å². The minimum atomic E-state index is 0.464. The molecule has 0 aliphatic carbocycles. The summed E-state index contributed by atoms with van der Waals surface area (Å²) in [5.74, 6) is 0.464. The molecule has 0 spiro atoms.